The van der Waals surface area contributed by atoms with Crippen LogP contribution < -0.4 is 10.6 Å². The molecule has 3 rings (SSSR count). The maximum absolute atomic E-state index is 12.2. The van der Waals surface area contributed by atoms with E-state index in [0.717, 1.165) is 25.0 Å². The minimum atomic E-state index is -0.230. The molecule has 1 unspecified atom stereocenters. The summed E-state index contributed by atoms with van der Waals surface area (Å²) in [6.07, 6.45) is 4.37. The first-order valence-electron chi connectivity index (χ1n) is 8.52. The number of benzene rings is 1. The maximum Gasteiger partial charge on any atom is 0.270 e. The molecular formula is C18H20Cl2N4O2. The van der Waals surface area contributed by atoms with Gasteiger partial charge in [0.1, 0.15) is 5.69 Å². The molecule has 6 nitrogen and oxygen atoms in total. The summed E-state index contributed by atoms with van der Waals surface area (Å²) in [5.74, 6) is 0.173. The number of aromatic nitrogens is 2. The normalized spacial score (nSPS) is 16.5. The fraction of sp³-hybridized carbons (Fsp3) is 0.389. The van der Waals surface area contributed by atoms with Crippen LogP contribution in [0.15, 0.2) is 30.5 Å². The maximum atomic E-state index is 12.2. The summed E-state index contributed by atoms with van der Waals surface area (Å²) < 4.78 is 5.50. The molecule has 1 aromatic heterocycles. The van der Waals surface area contributed by atoms with E-state index in [1.165, 1.54) is 0 Å². The number of nitrogens with zero attached hydrogens (tertiary/aromatic N) is 2. The quantitative estimate of drug-likeness (QED) is 0.752. The van der Waals surface area contributed by atoms with E-state index in [1.807, 2.05) is 6.07 Å². The topological polar surface area (TPSA) is 76.1 Å². The van der Waals surface area contributed by atoms with Gasteiger partial charge in [0.05, 0.1) is 6.10 Å². The number of carbonyl (C=O) groups excluding carboxylic acids is 1. The summed E-state index contributed by atoms with van der Waals surface area (Å²) in [7, 11) is 0. The number of rotatable bonds is 7. The lowest BCUT2D eigenvalue weighted by Crippen LogP contribution is -2.32. The van der Waals surface area contributed by atoms with Crippen molar-refractivity contribution >= 4 is 35.1 Å². The molecule has 0 spiro atoms. The van der Waals surface area contributed by atoms with Gasteiger partial charge in [-0.15, -0.1) is 0 Å². The van der Waals surface area contributed by atoms with Gasteiger partial charge < -0.3 is 15.4 Å². The molecule has 2 aromatic rings. The highest BCUT2D eigenvalue weighted by Crippen LogP contribution is 2.21. The monoisotopic (exact) mass is 394 g/mol. The SMILES string of the molecule is O=C(NCC1CCCO1)c1ccnc(NCCc2ccc(Cl)cc2Cl)n1. The van der Waals surface area contributed by atoms with Crippen LogP contribution in [0.25, 0.3) is 0 Å². The van der Waals surface area contributed by atoms with Crippen molar-refractivity contribution in [2.24, 2.45) is 0 Å². The standard InChI is InChI=1S/C18H20Cl2N4O2/c19-13-4-3-12(15(20)10-13)5-7-21-18-22-8-6-16(24-18)17(25)23-11-14-2-1-9-26-14/h3-4,6,8,10,14H,1-2,5,7,9,11H2,(H,23,25)(H,21,22,24). The Labute approximate surface area is 162 Å². The van der Waals surface area contributed by atoms with Crippen molar-refractivity contribution in [1.29, 1.82) is 0 Å². The molecule has 1 aliphatic rings. The van der Waals surface area contributed by atoms with Crippen molar-refractivity contribution in [2.75, 3.05) is 25.0 Å². The second kappa shape index (κ2) is 9.16. The Kier molecular flexibility index (Phi) is 6.66. The van der Waals surface area contributed by atoms with Crippen LogP contribution in [0.2, 0.25) is 10.0 Å². The van der Waals surface area contributed by atoms with Crippen molar-refractivity contribution in [3.63, 3.8) is 0 Å². The van der Waals surface area contributed by atoms with Gasteiger partial charge in [-0.3, -0.25) is 4.79 Å². The van der Waals surface area contributed by atoms with E-state index in [4.69, 9.17) is 27.9 Å². The molecule has 0 bridgehead atoms. The van der Waals surface area contributed by atoms with Gasteiger partial charge in [0.25, 0.3) is 5.91 Å². The minimum absolute atomic E-state index is 0.0995. The van der Waals surface area contributed by atoms with Crippen molar-refractivity contribution < 1.29 is 9.53 Å². The molecule has 1 aromatic carbocycles. The zero-order chi connectivity index (χ0) is 18.4. The summed E-state index contributed by atoms with van der Waals surface area (Å²) >= 11 is 12.1. The second-order valence-electron chi connectivity index (χ2n) is 6.02. The molecule has 1 amide bonds. The van der Waals surface area contributed by atoms with Crippen molar-refractivity contribution in [2.45, 2.75) is 25.4 Å². The van der Waals surface area contributed by atoms with E-state index >= 15 is 0 Å². The molecule has 0 radical (unpaired) electrons. The van der Waals surface area contributed by atoms with E-state index in [-0.39, 0.29) is 12.0 Å². The van der Waals surface area contributed by atoms with Crippen molar-refractivity contribution in [1.82, 2.24) is 15.3 Å². The summed E-state index contributed by atoms with van der Waals surface area (Å²) in [4.78, 5) is 20.6. The fourth-order valence-electron chi connectivity index (χ4n) is 2.71. The summed E-state index contributed by atoms with van der Waals surface area (Å²) in [5, 5.41) is 7.20. The zero-order valence-electron chi connectivity index (χ0n) is 14.2. The smallest absolute Gasteiger partial charge is 0.270 e. The predicted molar refractivity (Wildman–Crippen MR) is 102 cm³/mol. The van der Waals surface area contributed by atoms with Gasteiger partial charge >= 0.3 is 0 Å². The second-order valence-corrected chi connectivity index (χ2v) is 6.87. The minimum Gasteiger partial charge on any atom is -0.376 e. The molecule has 1 fully saturated rings. The molecule has 2 N–H and O–H groups in total. The van der Waals surface area contributed by atoms with Crippen LogP contribution in [0.3, 0.4) is 0 Å². The Morgan fingerprint density at radius 2 is 2.19 bits per heavy atom. The number of anilines is 1. The molecule has 2 heterocycles. The average Bonchev–Trinajstić information content (AvgIpc) is 3.15. The van der Waals surface area contributed by atoms with Gasteiger partial charge in [-0.2, -0.15) is 0 Å². The summed E-state index contributed by atoms with van der Waals surface area (Å²) in [6.45, 7) is 1.85. The molecule has 138 valence electrons. The lowest BCUT2D eigenvalue weighted by atomic mass is 10.1. The molecule has 0 saturated carbocycles. The largest absolute Gasteiger partial charge is 0.376 e. The molecular weight excluding hydrogens is 375 g/mol. The first kappa shape index (κ1) is 18.9. The van der Waals surface area contributed by atoms with Crippen LogP contribution in [0.4, 0.5) is 5.95 Å². The third-order valence-corrected chi connectivity index (χ3v) is 4.68. The molecule has 1 atom stereocenters. The third kappa shape index (κ3) is 5.30. The number of ether oxygens (including phenoxy) is 1. The summed E-state index contributed by atoms with van der Waals surface area (Å²) in [6, 6.07) is 7.00. The van der Waals surface area contributed by atoms with E-state index < -0.39 is 0 Å². The fourth-order valence-corrected chi connectivity index (χ4v) is 3.21. The lowest BCUT2D eigenvalue weighted by Gasteiger charge is -2.11. The molecule has 0 aliphatic carbocycles. The van der Waals surface area contributed by atoms with Gasteiger partial charge in [-0.05, 0) is 43.0 Å². The van der Waals surface area contributed by atoms with E-state index in [2.05, 4.69) is 20.6 Å². The van der Waals surface area contributed by atoms with Crippen LogP contribution in [-0.2, 0) is 11.2 Å². The van der Waals surface area contributed by atoms with Crippen LogP contribution in [0, 0.1) is 0 Å². The van der Waals surface area contributed by atoms with Crippen LogP contribution >= 0.6 is 23.2 Å². The molecule has 26 heavy (non-hydrogen) atoms. The lowest BCUT2D eigenvalue weighted by molar-refractivity contribution is 0.0853. The van der Waals surface area contributed by atoms with Gasteiger partial charge in [-0.1, -0.05) is 29.3 Å². The molecule has 8 heteroatoms. The van der Waals surface area contributed by atoms with Crippen molar-refractivity contribution in [3.05, 3.63) is 51.8 Å². The van der Waals surface area contributed by atoms with Gasteiger partial charge in [0.2, 0.25) is 5.95 Å². The number of halogens is 2. The van der Waals surface area contributed by atoms with E-state index in [1.54, 1.807) is 24.4 Å². The summed E-state index contributed by atoms with van der Waals surface area (Å²) in [5.41, 5.74) is 1.30. The third-order valence-electron chi connectivity index (χ3n) is 4.10. The Morgan fingerprint density at radius 1 is 1.31 bits per heavy atom. The number of hydrogen-bond donors (Lipinski definition) is 2. The van der Waals surface area contributed by atoms with Gasteiger partial charge in [0, 0.05) is 35.9 Å². The number of hydrogen-bond acceptors (Lipinski definition) is 5. The molecule has 1 saturated heterocycles. The number of carbonyl (C=O) groups is 1. The van der Waals surface area contributed by atoms with Gasteiger partial charge in [0.15, 0.2) is 0 Å². The highest BCUT2D eigenvalue weighted by molar-refractivity contribution is 6.35. The van der Waals surface area contributed by atoms with E-state index in [9.17, 15) is 4.79 Å². The Bertz CT molecular complexity index is 767. The number of amides is 1. The Hall–Kier alpha value is -1.89. The number of nitrogens with one attached hydrogen (secondary N) is 2. The van der Waals surface area contributed by atoms with Crippen molar-refractivity contribution in [3.8, 4) is 0 Å². The Balaban J connectivity index is 1.50. The van der Waals surface area contributed by atoms with Gasteiger partial charge in [-0.25, -0.2) is 9.97 Å². The van der Waals surface area contributed by atoms with Crippen LogP contribution in [-0.4, -0.2) is 41.7 Å². The molecule has 1 aliphatic heterocycles. The highest BCUT2D eigenvalue weighted by atomic mass is 35.5. The van der Waals surface area contributed by atoms with Crippen LogP contribution in [0.5, 0.6) is 0 Å². The zero-order valence-corrected chi connectivity index (χ0v) is 15.7. The first-order valence-corrected chi connectivity index (χ1v) is 9.28. The predicted octanol–water partition coefficient (Wildman–Crippen LogP) is 3.35. The van der Waals surface area contributed by atoms with Crippen LogP contribution in [0.1, 0.15) is 28.9 Å². The first-order chi connectivity index (χ1) is 12.6. The highest BCUT2D eigenvalue weighted by Gasteiger charge is 2.17. The Morgan fingerprint density at radius 3 is 2.96 bits per heavy atom. The average molecular weight is 395 g/mol. The van der Waals surface area contributed by atoms with E-state index in [0.29, 0.717) is 41.2 Å².